The van der Waals surface area contributed by atoms with Crippen LogP contribution in [0.2, 0.25) is 0 Å². The molecule has 0 N–H and O–H groups in total. The Labute approximate surface area is 149 Å². The molecule has 0 saturated heterocycles. The van der Waals surface area contributed by atoms with Crippen molar-refractivity contribution in [3.8, 4) is 0 Å². The second-order valence-electron chi connectivity index (χ2n) is 5.63. The first kappa shape index (κ1) is 15.4. The van der Waals surface area contributed by atoms with Gasteiger partial charge in [-0.2, -0.15) is 0 Å². The van der Waals surface area contributed by atoms with Crippen LogP contribution < -0.4 is 4.90 Å². The average molecular weight is 352 g/mol. The molecule has 0 fully saturated rings. The van der Waals surface area contributed by atoms with Gasteiger partial charge in [-0.25, -0.2) is 4.98 Å². The van der Waals surface area contributed by atoms with Crippen LogP contribution in [0.15, 0.2) is 64.3 Å². The van der Waals surface area contributed by atoms with E-state index in [1.165, 1.54) is 5.56 Å². The average Bonchev–Trinajstić information content (AvgIpc) is 3.29. The summed E-state index contributed by atoms with van der Waals surface area (Å²) in [5, 5.41) is 2.07. The third-order valence-corrected chi connectivity index (χ3v) is 5.78. The Hall–Kier alpha value is -2.11. The van der Waals surface area contributed by atoms with Gasteiger partial charge in [0.05, 0.1) is 11.2 Å². The summed E-state index contributed by atoms with van der Waals surface area (Å²) >= 11 is 3.35. The molecule has 3 nitrogen and oxygen atoms in total. The molecule has 5 heteroatoms. The van der Waals surface area contributed by atoms with E-state index in [9.17, 15) is 4.79 Å². The van der Waals surface area contributed by atoms with Crippen LogP contribution in [0, 0.1) is 0 Å². The van der Waals surface area contributed by atoms with Gasteiger partial charge in [0, 0.05) is 33.8 Å². The molecule has 1 amide bonds. The van der Waals surface area contributed by atoms with E-state index in [-0.39, 0.29) is 5.91 Å². The Morgan fingerprint density at radius 3 is 2.79 bits per heavy atom. The lowest BCUT2D eigenvalue weighted by atomic mass is 10.1. The lowest BCUT2D eigenvalue weighted by molar-refractivity contribution is 0.0989. The standard InChI is InChI=1S/C19H16N2OS2/c22-19(21-10-9-14-3-1-2-4-18(14)21)15-5-7-17(8-6-15)24-12-16-11-23-13-20-16/h1-8,11,13H,9-10,12H2. The molecule has 0 aliphatic carbocycles. The lowest BCUT2D eigenvalue weighted by Crippen LogP contribution is -2.28. The topological polar surface area (TPSA) is 33.2 Å². The first-order chi connectivity index (χ1) is 11.8. The van der Waals surface area contributed by atoms with Gasteiger partial charge in [0.15, 0.2) is 0 Å². The van der Waals surface area contributed by atoms with Crippen molar-refractivity contribution in [2.75, 3.05) is 11.4 Å². The number of anilines is 1. The van der Waals surface area contributed by atoms with Gasteiger partial charge in [0.1, 0.15) is 0 Å². The van der Waals surface area contributed by atoms with Crippen molar-refractivity contribution in [2.24, 2.45) is 0 Å². The van der Waals surface area contributed by atoms with Crippen molar-refractivity contribution in [1.82, 2.24) is 4.98 Å². The van der Waals surface area contributed by atoms with E-state index >= 15 is 0 Å². The number of thiazole rings is 1. The fraction of sp³-hybridized carbons (Fsp3) is 0.158. The van der Waals surface area contributed by atoms with Crippen LogP contribution in [0.4, 0.5) is 5.69 Å². The lowest BCUT2D eigenvalue weighted by Gasteiger charge is -2.17. The molecule has 1 aliphatic heterocycles. The maximum atomic E-state index is 12.8. The normalized spacial score (nSPS) is 13.1. The molecule has 0 spiro atoms. The zero-order valence-corrected chi connectivity index (χ0v) is 14.6. The number of nitrogens with zero attached hydrogens (tertiary/aromatic N) is 2. The van der Waals surface area contributed by atoms with Gasteiger partial charge >= 0.3 is 0 Å². The summed E-state index contributed by atoms with van der Waals surface area (Å²) in [7, 11) is 0. The number of aromatic nitrogens is 1. The molecule has 0 saturated carbocycles. The Morgan fingerprint density at radius 1 is 1.17 bits per heavy atom. The fourth-order valence-electron chi connectivity index (χ4n) is 2.86. The zero-order valence-electron chi connectivity index (χ0n) is 13.0. The van der Waals surface area contributed by atoms with Crippen LogP contribution in [-0.2, 0) is 12.2 Å². The molecular weight excluding hydrogens is 336 g/mol. The number of amides is 1. The molecule has 1 aromatic heterocycles. The van der Waals surface area contributed by atoms with Crippen molar-refractivity contribution in [1.29, 1.82) is 0 Å². The maximum Gasteiger partial charge on any atom is 0.258 e. The Kier molecular flexibility index (Phi) is 4.36. The van der Waals surface area contributed by atoms with Crippen molar-refractivity contribution in [3.63, 3.8) is 0 Å². The highest BCUT2D eigenvalue weighted by Crippen LogP contribution is 2.29. The molecule has 120 valence electrons. The third kappa shape index (κ3) is 3.09. The Bertz CT molecular complexity index is 844. The van der Waals surface area contributed by atoms with E-state index in [4.69, 9.17) is 0 Å². The second kappa shape index (κ2) is 6.79. The molecular formula is C19H16N2OS2. The minimum Gasteiger partial charge on any atom is -0.308 e. The predicted octanol–water partition coefficient (Wildman–Crippen LogP) is 4.64. The Morgan fingerprint density at radius 2 is 2.00 bits per heavy atom. The molecule has 0 radical (unpaired) electrons. The van der Waals surface area contributed by atoms with Gasteiger partial charge in [-0.05, 0) is 42.3 Å². The highest BCUT2D eigenvalue weighted by Gasteiger charge is 2.24. The SMILES string of the molecule is O=C(c1ccc(SCc2cscn2)cc1)N1CCc2ccccc21. The molecule has 24 heavy (non-hydrogen) atoms. The van der Waals surface area contributed by atoms with Crippen LogP contribution in [-0.4, -0.2) is 17.4 Å². The second-order valence-corrected chi connectivity index (χ2v) is 7.40. The minimum absolute atomic E-state index is 0.0796. The van der Waals surface area contributed by atoms with E-state index in [1.807, 2.05) is 52.9 Å². The van der Waals surface area contributed by atoms with E-state index in [0.29, 0.717) is 0 Å². The van der Waals surface area contributed by atoms with Gasteiger partial charge in [-0.1, -0.05) is 18.2 Å². The number of thioether (sulfide) groups is 1. The van der Waals surface area contributed by atoms with Crippen LogP contribution >= 0.6 is 23.1 Å². The van der Waals surface area contributed by atoms with Crippen molar-refractivity contribution in [3.05, 3.63) is 76.2 Å². The quantitative estimate of drug-likeness (QED) is 0.642. The van der Waals surface area contributed by atoms with Crippen LogP contribution in [0.1, 0.15) is 21.6 Å². The number of rotatable bonds is 4. The van der Waals surface area contributed by atoms with Crippen LogP contribution in [0.5, 0.6) is 0 Å². The summed E-state index contributed by atoms with van der Waals surface area (Å²) < 4.78 is 0. The first-order valence-corrected chi connectivity index (χ1v) is 9.74. The Balaban J connectivity index is 1.46. The zero-order chi connectivity index (χ0) is 16.4. The molecule has 0 atom stereocenters. The first-order valence-electron chi connectivity index (χ1n) is 7.81. The number of carbonyl (C=O) groups excluding carboxylic acids is 1. The number of fused-ring (bicyclic) bond motifs is 1. The maximum absolute atomic E-state index is 12.8. The molecule has 1 aliphatic rings. The summed E-state index contributed by atoms with van der Waals surface area (Å²) in [6.45, 7) is 0.762. The van der Waals surface area contributed by atoms with Gasteiger partial charge in [0.2, 0.25) is 0 Å². The molecule has 0 unspecified atom stereocenters. The third-order valence-electron chi connectivity index (χ3n) is 4.10. The summed E-state index contributed by atoms with van der Waals surface area (Å²) in [6, 6.07) is 16.0. The number of carbonyl (C=O) groups is 1. The van der Waals surface area contributed by atoms with Gasteiger partial charge in [0.25, 0.3) is 5.91 Å². The van der Waals surface area contributed by atoms with E-state index in [0.717, 1.165) is 40.6 Å². The molecule has 4 rings (SSSR count). The smallest absolute Gasteiger partial charge is 0.258 e. The fourth-order valence-corrected chi connectivity index (χ4v) is 4.33. The van der Waals surface area contributed by atoms with Gasteiger partial charge < -0.3 is 4.90 Å². The van der Waals surface area contributed by atoms with Crippen molar-refractivity contribution < 1.29 is 4.79 Å². The monoisotopic (exact) mass is 352 g/mol. The predicted molar refractivity (Wildman–Crippen MR) is 99.9 cm³/mol. The van der Waals surface area contributed by atoms with Crippen LogP contribution in [0.3, 0.4) is 0 Å². The molecule has 2 heterocycles. The summed E-state index contributed by atoms with van der Waals surface area (Å²) in [4.78, 5) is 20.1. The van der Waals surface area contributed by atoms with E-state index < -0.39 is 0 Å². The summed E-state index contributed by atoms with van der Waals surface area (Å²) in [5.74, 6) is 0.937. The van der Waals surface area contributed by atoms with Crippen LogP contribution in [0.25, 0.3) is 0 Å². The highest BCUT2D eigenvalue weighted by atomic mass is 32.2. The summed E-state index contributed by atoms with van der Waals surface area (Å²) in [5.41, 5.74) is 5.99. The number of hydrogen-bond acceptors (Lipinski definition) is 4. The van der Waals surface area contributed by atoms with E-state index in [2.05, 4.69) is 16.4 Å². The molecule has 2 aromatic carbocycles. The molecule has 3 aromatic rings. The summed E-state index contributed by atoms with van der Waals surface area (Å²) in [6.07, 6.45) is 0.934. The number of hydrogen-bond donors (Lipinski definition) is 0. The largest absolute Gasteiger partial charge is 0.308 e. The highest BCUT2D eigenvalue weighted by molar-refractivity contribution is 7.98. The molecule has 0 bridgehead atoms. The minimum atomic E-state index is 0.0796. The van der Waals surface area contributed by atoms with Gasteiger partial charge in [-0.15, -0.1) is 23.1 Å². The van der Waals surface area contributed by atoms with E-state index in [1.54, 1.807) is 23.1 Å². The number of benzene rings is 2. The van der Waals surface area contributed by atoms with Crippen molar-refractivity contribution >= 4 is 34.7 Å². The number of para-hydroxylation sites is 1. The van der Waals surface area contributed by atoms with Gasteiger partial charge in [-0.3, -0.25) is 4.79 Å². The van der Waals surface area contributed by atoms with Crippen molar-refractivity contribution in [2.45, 2.75) is 17.1 Å².